The lowest BCUT2D eigenvalue weighted by Gasteiger charge is -2.26. The molecule has 1 fully saturated rings. The number of nitrogens with one attached hydrogen (secondary N) is 1. The van der Waals surface area contributed by atoms with Crippen molar-refractivity contribution < 1.29 is 23.9 Å². The van der Waals surface area contributed by atoms with Crippen molar-refractivity contribution >= 4 is 74.6 Å². The Balaban J connectivity index is 1.45. The first-order chi connectivity index (χ1) is 18.4. The largest absolute Gasteiger partial charge is 0.493 e. The zero-order chi connectivity index (χ0) is 26.8. The van der Waals surface area contributed by atoms with Crippen LogP contribution in [0.2, 0.25) is 5.02 Å². The number of halogens is 2. The lowest BCUT2D eigenvalue weighted by atomic mass is 10.1. The first-order valence-corrected chi connectivity index (χ1v) is 13.0. The van der Waals surface area contributed by atoms with Crippen LogP contribution in [0.15, 0.2) is 84.4 Å². The van der Waals surface area contributed by atoms with Crippen LogP contribution in [0.4, 0.5) is 10.5 Å². The van der Waals surface area contributed by atoms with Crippen LogP contribution in [0, 0.1) is 3.57 Å². The van der Waals surface area contributed by atoms with Crippen molar-refractivity contribution in [3.63, 3.8) is 0 Å². The van der Waals surface area contributed by atoms with Crippen molar-refractivity contribution in [2.45, 2.75) is 6.61 Å². The summed E-state index contributed by atoms with van der Waals surface area (Å²) in [5, 5.41) is 4.79. The summed E-state index contributed by atoms with van der Waals surface area (Å²) in [4.78, 5) is 39.2. The molecule has 4 aromatic rings. The molecule has 0 aliphatic carbocycles. The van der Waals surface area contributed by atoms with Gasteiger partial charge in [-0.3, -0.25) is 14.9 Å². The topological polar surface area (TPSA) is 84.9 Å². The number of hydrogen-bond donors (Lipinski definition) is 1. The monoisotopic (exact) mass is 638 g/mol. The summed E-state index contributed by atoms with van der Waals surface area (Å²) in [6.07, 6.45) is 1.42. The summed E-state index contributed by atoms with van der Waals surface area (Å²) in [5.41, 5.74) is 1.61. The molecule has 1 saturated heterocycles. The van der Waals surface area contributed by atoms with Gasteiger partial charge in [0.2, 0.25) is 0 Å². The highest BCUT2D eigenvalue weighted by molar-refractivity contribution is 14.1. The Kier molecular flexibility index (Phi) is 7.35. The van der Waals surface area contributed by atoms with Crippen molar-refractivity contribution in [1.29, 1.82) is 0 Å². The molecule has 0 saturated carbocycles. The lowest BCUT2D eigenvalue weighted by Crippen LogP contribution is -2.54. The van der Waals surface area contributed by atoms with E-state index in [0.717, 1.165) is 24.8 Å². The molecule has 0 unspecified atom stereocenters. The van der Waals surface area contributed by atoms with E-state index >= 15 is 0 Å². The standard InChI is InChI=1S/C29H20ClIN2O5/c1-37-25-14-17(12-23-27(34)32-29(36)33(28(23)35)21-10-5-9-20(30)15-21)13-24(31)26(25)38-16-19-8-4-7-18-6-2-3-11-22(18)19/h2-15H,16H2,1H3,(H,32,34,36)/b23-12+. The van der Waals surface area contributed by atoms with E-state index in [-0.39, 0.29) is 11.3 Å². The summed E-state index contributed by atoms with van der Waals surface area (Å²) in [6.45, 7) is 0.325. The molecule has 4 amide bonds. The molecule has 1 heterocycles. The highest BCUT2D eigenvalue weighted by atomic mass is 127. The van der Waals surface area contributed by atoms with Gasteiger partial charge in [0.05, 0.1) is 16.4 Å². The number of urea groups is 1. The summed E-state index contributed by atoms with van der Waals surface area (Å²) in [7, 11) is 1.52. The number of anilines is 1. The first-order valence-electron chi connectivity index (χ1n) is 11.5. The number of amides is 4. The molecule has 9 heteroatoms. The van der Waals surface area contributed by atoms with Gasteiger partial charge in [0.15, 0.2) is 11.5 Å². The predicted octanol–water partition coefficient (Wildman–Crippen LogP) is 6.35. The van der Waals surface area contributed by atoms with Crippen molar-refractivity contribution in [2.75, 3.05) is 12.0 Å². The molecule has 5 rings (SSSR count). The fraction of sp³-hybridized carbons (Fsp3) is 0.0690. The second-order valence-electron chi connectivity index (χ2n) is 8.40. The predicted molar refractivity (Wildman–Crippen MR) is 154 cm³/mol. The molecular formula is C29H20ClIN2O5. The minimum atomic E-state index is -0.844. The average molecular weight is 639 g/mol. The van der Waals surface area contributed by atoms with Crippen LogP contribution in [-0.2, 0) is 16.2 Å². The molecule has 0 spiro atoms. The number of rotatable bonds is 6. The van der Waals surface area contributed by atoms with E-state index in [1.165, 1.54) is 19.3 Å². The minimum Gasteiger partial charge on any atom is -0.493 e. The van der Waals surface area contributed by atoms with Gasteiger partial charge in [0.25, 0.3) is 11.8 Å². The maximum absolute atomic E-state index is 13.2. The average Bonchev–Trinajstić information content (AvgIpc) is 2.90. The number of imide groups is 2. The van der Waals surface area contributed by atoms with E-state index < -0.39 is 17.8 Å². The van der Waals surface area contributed by atoms with Gasteiger partial charge in [-0.15, -0.1) is 0 Å². The zero-order valence-electron chi connectivity index (χ0n) is 20.0. The van der Waals surface area contributed by atoms with Gasteiger partial charge in [-0.1, -0.05) is 60.1 Å². The third-order valence-electron chi connectivity index (χ3n) is 5.98. The highest BCUT2D eigenvalue weighted by Crippen LogP contribution is 2.36. The second-order valence-corrected chi connectivity index (χ2v) is 10.00. The number of nitrogens with zero attached hydrogens (tertiary/aromatic N) is 1. The number of barbiturate groups is 1. The molecule has 7 nitrogen and oxygen atoms in total. The van der Waals surface area contributed by atoms with Gasteiger partial charge in [0.1, 0.15) is 12.2 Å². The maximum atomic E-state index is 13.2. The number of benzene rings is 4. The Morgan fingerprint density at radius 3 is 2.53 bits per heavy atom. The zero-order valence-corrected chi connectivity index (χ0v) is 22.9. The molecule has 0 radical (unpaired) electrons. The fourth-order valence-electron chi connectivity index (χ4n) is 4.21. The molecule has 1 aliphatic rings. The Hall–Kier alpha value is -3.89. The molecule has 0 aromatic heterocycles. The Morgan fingerprint density at radius 1 is 0.974 bits per heavy atom. The van der Waals surface area contributed by atoms with E-state index in [2.05, 4.69) is 46.1 Å². The molecule has 38 heavy (non-hydrogen) atoms. The van der Waals surface area contributed by atoms with Crippen LogP contribution >= 0.6 is 34.2 Å². The van der Waals surface area contributed by atoms with Gasteiger partial charge in [-0.05, 0) is 80.9 Å². The van der Waals surface area contributed by atoms with E-state index in [4.69, 9.17) is 21.1 Å². The molecule has 4 aromatic carbocycles. The molecule has 0 bridgehead atoms. The summed E-state index contributed by atoms with van der Waals surface area (Å²) >= 11 is 8.16. The van der Waals surface area contributed by atoms with Gasteiger partial charge in [0, 0.05) is 5.02 Å². The molecule has 1 N–H and O–H groups in total. The number of hydrogen-bond acceptors (Lipinski definition) is 5. The van der Waals surface area contributed by atoms with Crippen LogP contribution in [0.25, 0.3) is 16.8 Å². The number of methoxy groups -OCH3 is 1. The van der Waals surface area contributed by atoms with Crippen LogP contribution in [0.5, 0.6) is 11.5 Å². The maximum Gasteiger partial charge on any atom is 0.335 e. The van der Waals surface area contributed by atoms with Crippen LogP contribution < -0.4 is 19.7 Å². The Morgan fingerprint density at radius 2 is 1.74 bits per heavy atom. The Bertz CT molecular complexity index is 1630. The number of carbonyl (C=O) groups is 3. The van der Waals surface area contributed by atoms with Gasteiger partial charge in [-0.25, -0.2) is 9.69 Å². The number of ether oxygens (including phenoxy) is 2. The first kappa shape index (κ1) is 25.7. The van der Waals surface area contributed by atoms with Crippen molar-refractivity contribution in [1.82, 2.24) is 5.32 Å². The minimum absolute atomic E-state index is 0.202. The summed E-state index contributed by atoms with van der Waals surface area (Å²) < 4.78 is 12.5. The summed E-state index contributed by atoms with van der Waals surface area (Å²) in [5.74, 6) is -0.566. The van der Waals surface area contributed by atoms with E-state index in [0.29, 0.717) is 28.7 Å². The molecular weight excluding hydrogens is 619 g/mol. The van der Waals surface area contributed by atoms with E-state index in [1.807, 2.05) is 24.3 Å². The Labute approximate surface area is 237 Å². The van der Waals surface area contributed by atoms with Crippen LogP contribution in [-0.4, -0.2) is 25.0 Å². The molecule has 1 aliphatic heterocycles. The third kappa shape index (κ3) is 5.09. The van der Waals surface area contributed by atoms with Crippen molar-refractivity contribution in [2.24, 2.45) is 0 Å². The smallest absolute Gasteiger partial charge is 0.335 e. The van der Waals surface area contributed by atoms with E-state index in [9.17, 15) is 14.4 Å². The van der Waals surface area contributed by atoms with Crippen molar-refractivity contribution in [3.8, 4) is 11.5 Å². The fourth-order valence-corrected chi connectivity index (χ4v) is 5.17. The summed E-state index contributed by atoms with van der Waals surface area (Å²) in [6, 6.07) is 23.0. The van der Waals surface area contributed by atoms with Gasteiger partial charge < -0.3 is 9.47 Å². The highest BCUT2D eigenvalue weighted by Gasteiger charge is 2.37. The van der Waals surface area contributed by atoms with Crippen LogP contribution in [0.3, 0.4) is 0 Å². The quantitative estimate of drug-likeness (QED) is 0.151. The second kappa shape index (κ2) is 10.8. The third-order valence-corrected chi connectivity index (χ3v) is 7.02. The van der Waals surface area contributed by atoms with Crippen molar-refractivity contribution in [3.05, 3.63) is 104 Å². The van der Waals surface area contributed by atoms with Gasteiger partial charge in [-0.2, -0.15) is 0 Å². The number of fused-ring (bicyclic) bond motifs is 1. The van der Waals surface area contributed by atoms with E-state index in [1.54, 1.807) is 30.3 Å². The SMILES string of the molecule is COc1cc(/C=C2\C(=O)NC(=O)N(c3cccc(Cl)c3)C2=O)cc(I)c1OCc1cccc2ccccc12. The number of carbonyl (C=O) groups excluding carboxylic acids is 3. The van der Waals surface area contributed by atoms with Crippen LogP contribution in [0.1, 0.15) is 11.1 Å². The molecule has 0 atom stereocenters. The molecule has 190 valence electrons. The lowest BCUT2D eigenvalue weighted by molar-refractivity contribution is -0.122. The normalized spacial score (nSPS) is 14.7. The van der Waals surface area contributed by atoms with Gasteiger partial charge >= 0.3 is 6.03 Å².